The summed E-state index contributed by atoms with van der Waals surface area (Å²) in [7, 11) is -3.59. The van der Waals surface area contributed by atoms with Crippen molar-refractivity contribution in [2.45, 2.75) is 31.1 Å². The Hall–Kier alpha value is -2.78. The molecule has 3 rings (SSSR count). The van der Waals surface area contributed by atoms with Crippen molar-refractivity contribution in [3.05, 3.63) is 65.5 Å². The molecule has 0 radical (unpaired) electrons. The number of ether oxygens (including phenoxy) is 1. The van der Waals surface area contributed by atoms with Crippen LogP contribution in [-0.2, 0) is 26.0 Å². The summed E-state index contributed by atoms with van der Waals surface area (Å²) in [6, 6.07) is 11.5. The average molecular weight is 463 g/mol. The molecule has 1 aliphatic rings. The van der Waals surface area contributed by atoms with Gasteiger partial charge in [0.2, 0.25) is 10.0 Å². The summed E-state index contributed by atoms with van der Waals surface area (Å²) >= 11 is 0. The van der Waals surface area contributed by atoms with E-state index in [-0.39, 0.29) is 16.3 Å². The lowest BCUT2D eigenvalue weighted by atomic mass is 10.0. The summed E-state index contributed by atoms with van der Waals surface area (Å²) in [6.45, 7) is 2.96. The predicted molar refractivity (Wildman–Crippen MR) is 117 cm³/mol. The van der Waals surface area contributed by atoms with Crippen molar-refractivity contribution in [1.29, 1.82) is 0 Å². The van der Waals surface area contributed by atoms with Crippen LogP contribution in [0.2, 0.25) is 0 Å². The van der Waals surface area contributed by atoms with Gasteiger partial charge >= 0.3 is 5.97 Å². The lowest BCUT2D eigenvalue weighted by Gasteiger charge is -2.29. The molecule has 0 aliphatic carbocycles. The number of esters is 1. The van der Waals surface area contributed by atoms with Crippen LogP contribution in [0.5, 0.6) is 0 Å². The molecule has 32 heavy (non-hydrogen) atoms. The maximum Gasteiger partial charge on any atom is 0.338 e. The zero-order valence-electron chi connectivity index (χ0n) is 17.9. The maximum atomic E-state index is 12.9. The molecule has 0 bridgehead atoms. The molecule has 9 heteroatoms. The molecule has 0 unspecified atom stereocenters. The monoisotopic (exact) mass is 462 g/mol. The molecule has 1 amide bonds. The zero-order chi connectivity index (χ0) is 23.1. The number of rotatable bonds is 8. The van der Waals surface area contributed by atoms with Crippen molar-refractivity contribution < 1.29 is 27.1 Å². The van der Waals surface area contributed by atoms with E-state index in [9.17, 15) is 22.4 Å². The Labute approximate surface area is 187 Å². The van der Waals surface area contributed by atoms with Crippen molar-refractivity contribution in [2.24, 2.45) is 5.92 Å². The smallest absolute Gasteiger partial charge is 0.338 e. The fourth-order valence-electron chi connectivity index (χ4n) is 3.40. The van der Waals surface area contributed by atoms with Crippen molar-refractivity contribution in [1.82, 2.24) is 9.62 Å². The Balaban J connectivity index is 1.46. The first-order valence-electron chi connectivity index (χ1n) is 10.5. The molecule has 2 aromatic rings. The number of nitrogens with zero attached hydrogens (tertiary/aromatic N) is 1. The minimum absolute atomic E-state index is 0.127. The number of nitrogens with one attached hydrogen (secondary N) is 1. The number of halogens is 1. The van der Waals surface area contributed by atoms with Gasteiger partial charge in [-0.05, 0) is 67.1 Å². The lowest BCUT2D eigenvalue weighted by Crippen LogP contribution is -2.37. The second-order valence-electron chi connectivity index (χ2n) is 7.91. The van der Waals surface area contributed by atoms with E-state index in [4.69, 9.17) is 4.74 Å². The molecule has 1 heterocycles. The SMILES string of the molecule is CC1CCN(S(=O)(=O)c2ccc(C(=O)OCC(=O)NCCc3ccc(F)cc3)cc2)CC1. The maximum absolute atomic E-state index is 12.9. The van der Waals surface area contributed by atoms with E-state index in [2.05, 4.69) is 12.2 Å². The minimum atomic E-state index is -3.59. The van der Waals surface area contributed by atoms with Crippen molar-refractivity contribution >= 4 is 21.9 Å². The van der Waals surface area contributed by atoms with Gasteiger partial charge in [-0.15, -0.1) is 0 Å². The number of hydrogen-bond acceptors (Lipinski definition) is 5. The van der Waals surface area contributed by atoms with E-state index in [0.717, 1.165) is 18.4 Å². The molecule has 1 saturated heterocycles. The molecule has 0 spiro atoms. The van der Waals surface area contributed by atoms with Gasteiger partial charge in [-0.2, -0.15) is 4.31 Å². The minimum Gasteiger partial charge on any atom is -0.452 e. The summed E-state index contributed by atoms with van der Waals surface area (Å²) in [6.07, 6.45) is 2.18. The number of amides is 1. The van der Waals surface area contributed by atoms with Gasteiger partial charge in [0.05, 0.1) is 10.5 Å². The molecule has 172 valence electrons. The third kappa shape index (κ3) is 6.37. The molecule has 2 aromatic carbocycles. The normalized spacial score (nSPS) is 15.3. The van der Waals surface area contributed by atoms with Gasteiger partial charge in [0.15, 0.2) is 6.61 Å². The van der Waals surface area contributed by atoms with E-state index in [1.54, 1.807) is 12.1 Å². The highest BCUT2D eigenvalue weighted by atomic mass is 32.2. The highest BCUT2D eigenvalue weighted by Crippen LogP contribution is 2.23. The number of sulfonamides is 1. The molecule has 1 N–H and O–H groups in total. The van der Waals surface area contributed by atoms with Crippen molar-refractivity contribution in [3.8, 4) is 0 Å². The van der Waals surface area contributed by atoms with Crippen LogP contribution in [-0.4, -0.2) is 50.8 Å². The van der Waals surface area contributed by atoms with E-state index in [1.807, 2.05) is 0 Å². The largest absolute Gasteiger partial charge is 0.452 e. The standard InChI is InChI=1S/C23H27FN2O5S/c1-17-11-14-26(15-12-17)32(29,30)21-8-4-19(5-9-21)23(28)31-16-22(27)25-13-10-18-2-6-20(24)7-3-18/h2-9,17H,10-16H2,1H3,(H,25,27). The highest BCUT2D eigenvalue weighted by Gasteiger charge is 2.28. The lowest BCUT2D eigenvalue weighted by molar-refractivity contribution is -0.124. The fourth-order valence-corrected chi connectivity index (χ4v) is 4.87. The van der Waals surface area contributed by atoms with Gasteiger partial charge in [0, 0.05) is 19.6 Å². The summed E-state index contributed by atoms with van der Waals surface area (Å²) < 4.78 is 44.8. The molecule has 1 aliphatic heterocycles. The third-order valence-corrected chi connectivity index (χ3v) is 7.37. The van der Waals surface area contributed by atoms with Crippen LogP contribution in [0.4, 0.5) is 4.39 Å². The van der Waals surface area contributed by atoms with Crippen LogP contribution in [0.25, 0.3) is 0 Å². The van der Waals surface area contributed by atoms with E-state index in [0.29, 0.717) is 32.0 Å². The fraction of sp³-hybridized carbons (Fsp3) is 0.391. The second-order valence-corrected chi connectivity index (χ2v) is 9.85. The van der Waals surface area contributed by atoms with E-state index < -0.39 is 28.5 Å². The first-order valence-corrected chi connectivity index (χ1v) is 12.0. The zero-order valence-corrected chi connectivity index (χ0v) is 18.7. The van der Waals surface area contributed by atoms with Gasteiger partial charge in [-0.25, -0.2) is 17.6 Å². The van der Waals surface area contributed by atoms with Crippen LogP contribution in [0.1, 0.15) is 35.7 Å². The quantitative estimate of drug-likeness (QED) is 0.609. The predicted octanol–water partition coefficient (Wildman–Crippen LogP) is 2.76. The van der Waals surface area contributed by atoms with Gasteiger partial charge in [0.25, 0.3) is 5.91 Å². The molecule has 7 nitrogen and oxygen atoms in total. The Kier molecular flexibility index (Phi) is 7.98. The number of hydrogen-bond donors (Lipinski definition) is 1. The van der Waals surface area contributed by atoms with Gasteiger partial charge in [0.1, 0.15) is 5.82 Å². The third-order valence-electron chi connectivity index (χ3n) is 5.45. The Morgan fingerprint density at radius 3 is 2.31 bits per heavy atom. The van der Waals surface area contributed by atoms with Gasteiger partial charge in [-0.3, -0.25) is 4.79 Å². The first-order chi connectivity index (χ1) is 15.3. The van der Waals surface area contributed by atoms with Gasteiger partial charge in [-0.1, -0.05) is 19.1 Å². The molecule has 0 atom stereocenters. The number of piperidine rings is 1. The molecule has 1 fully saturated rings. The summed E-state index contributed by atoms with van der Waals surface area (Å²) in [5.74, 6) is -0.983. The average Bonchev–Trinajstić information content (AvgIpc) is 2.79. The van der Waals surface area contributed by atoms with Crippen LogP contribution >= 0.6 is 0 Å². The molecular weight excluding hydrogens is 435 g/mol. The highest BCUT2D eigenvalue weighted by molar-refractivity contribution is 7.89. The number of carbonyl (C=O) groups is 2. The topological polar surface area (TPSA) is 92.8 Å². The number of benzene rings is 2. The van der Waals surface area contributed by atoms with Crippen LogP contribution < -0.4 is 5.32 Å². The van der Waals surface area contributed by atoms with Crippen LogP contribution in [0.3, 0.4) is 0 Å². The molecular formula is C23H27FN2O5S. The van der Waals surface area contributed by atoms with Crippen LogP contribution in [0.15, 0.2) is 53.4 Å². The second kappa shape index (κ2) is 10.7. The Morgan fingerprint density at radius 1 is 1.06 bits per heavy atom. The summed E-state index contributed by atoms with van der Waals surface area (Å²) in [5.41, 5.74) is 1.04. The van der Waals surface area contributed by atoms with E-state index in [1.165, 1.54) is 40.7 Å². The van der Waals surface area contributed by atoms with Crippen LogP contribution in [0, 0.1) is 11.7 Å². The van der Waals surface area contributed by atoms with E-state index >= 15 is 0 Å². The Bertz CT molecular complexity index is 1030. The summed E-state index contributed by atoms with van der Waals surface area (Å²) in [5, 5.41) is 2.63. The van der Waals surface area contributed by atoms with Gasteiger partial charge < -0.3 is 10.1 Å². The van der Waals surface area contributed by atoms with Crippen molar-refractivity contribution in [2.75, 3.05) is 26.2 Å². The Morgan fingerprint density at radius 2 is 1.69 bits per heavy atom. The molecule has 0 aromatic heterocycles. The summed E-state index contributed by atoms with van der Waals surface area (Å²) in [4.78, 5) is 24.2. The number of carbonyl (C=O) groups excluding carboxylic acids is 2. The van der Waals surface area contributed by atoms with Crippen molar-refractivity contribution in [3.63, 3.8) is 0 Å². The molecule has 0 saturated carbocycles. The first kappa shape index (κ1) is 23.9.